The molecule has 2 unspecified atom stereocenters. The third-order valence-corrected chi connectivity index (χ3v) is 11.7. The summed E-state index contributed by atoms with van der Waals surface area (Å²) in [6.07, 6.45) is 4.78. The molecule has 0 bridgehead atoms. The Kier molecular flexibility index (Phi) is 9.13. The zero-order valence-electron chi connectivity index (χ0n) is 18.6. The summed E-state index contributed by atoms with van der Waals surface area (Å²) >= 11 is 0. The van der Waals surface area contributed by atoms with Crippen molar-refractivity contribution in [1.82, 2.24) is 0 Å². The zero-order chi connectivity index (χ0) is 21.8. The molecule has 1 saturated heterocycles. The minimum atomic E-state index is -3.69. The predicted octanol–water partition coefficient (Wildman–Crippen LogP) is 6.51. The van der Waals surface area contributed by atoms with Gasteiger partial charge in [0.15, 0.2) is 8.32 Å². The highest BCUT2D eigenvalue weighted by atomic mass is 31.2. The molecule has 0 saturated carbocycles. The van der Waals surface area contributed by atoms with Crippen LogP contribution in [0.5, 0.6) is 0 Å². The first-order valence-corrected chi connectivity index (χ1v) is 14.3. The first-order valence-electron chi connectivity index (χ1n) is 9.95. The average molecular weight is 431 g/mol. The van der Waals surface area contributed by atoms with Crippen molar-refractivity contribution in [3.05, 3.63) is 38.0 Å². The van der Waals surface area contributed by atoms with E-state index in [-0.39, 0.29) is 41.8 Å². The fraction of sp³-hybridized carbons (Fsp3) is 0.714. The summed E-state index contributed by atoms with van der Waals surface area (Å²) in [6, 6.07) is 0. The van der Waals surface area contributed by atoms with Gasteiger partial charge in [-0.1, -0.05) is 52.8 Å². The average Bonchev–Trinajstić information content (AvgIpc) is 2.62. The maximum absolute atomic E-state index is 13.0. The fourth-order valence-corrected chi connectivity index (χ4v) is 5.78. The highest BCUT2D eigenvalue weighted by Crippen LogP contribution is 2.56. The van der Waals surface area contributed by atoms with Crippen molar-refractivity contribution in [2.45, 2.75) is 77.5 Å². The van der Waals surface area contributed by atoms with Crippen LogP contribution >= 0.6 is 7.82 Å². The van der Waals surface area contributed by atoms with E-state index in [1.165, 1.54) is 0 Å². The standard InChI is InChI=1S/C21H39O5PSi/c1-11-16(4)20(26-28(9,10)21(6,7)8)17(5)15-23-27(22)24-18(12-2)14-19(13-3)25-27/h11-13,16-20H,1-3,14-15H2,4-10H3/t16-,17-,18?,19?,20-,27?/m0/s1. The molecule has 0 spiro atoms. The van der Waals surface area contributed by atoms with E-state index in [0.29, 0.717) is 6.42 Å². The SMILES string of the molecule is C=CC1CC(C=C)OP(=O)(OC[C@H](C)[C@@H](O[Si](C)(C)C(C)(C)C)[C@@H](C)C=C)O1. The Hall–Kier alpha value is -0.493. The third-order valence-electron chi connectivity index (χ3n) is 5.70. The normalized spacial score (nSPS) is 29.5. The summed E-state index contributed by atoms with van der Waals surface area (Å²) in [5.74, 6) is 0.107. The van der Waals surface area contributed by atoms with Crippen LogP contribution in [0.1, 0.15) is 41.0 Å². The van der Waals surface area contributed by atoms with Gasteiger partial charge in [-0.3, -0.25) is 13.6 Å². The molecule has 1 fully saturated rings. The Morgan fingerprint density at radius 1 is 1.14 bits per heavy atom. The second kappa shape index (κ2) is 10.0. The largest absolute Gasteiger partial charge is 0.475 e. The van der Waals surface area contributed by atoms with E-state index in [0.717, 1.165) is 0 Å². The number of phosphoric ester groups is 1. The maximum Gasteiger partial charge on any atom is 0.475 e. The van der Waals surface area contributed by atoms with Crippen molar-refractivity contribution in [3.63, 3.8) is 0 Å². The Morgan fingerprint density at radius 2 is 1.64 bits per heavy atom. The van der Waals surface area contributed by atoms with E-state index in [2.05, 4.69) is 60.5 Å². The molecule has 0 aliphatic carbocycles. The van der Waals surface area contributed by atoms with E-state index in [1.54, 1.807) is 12.2 Å². The van der Waals surface area contributed by atoms with Gasteiger partial charge in [-0.05, 0) is 24.1 Å². The first kappa shape index (κ1) is 25.5. The van der Waals surface area contributed by atoms with Crippen molar-refractivity contribution < 1.29 is 22.6 Å². The van der Waals surface area contributed by atoms with E-state index >= 15 is 0 Å². The molecule has 0 aromatic rings. The van der Waals surface area contributed by atoms with Crippen molar-refractivity contribution >= 4 is 16.1 Å². The predicted molar refractivity (Wildman–Crippen MR) is 119 cm³/mol. The van der Waals surface area contributed by atoms with Crippen molar-refractivity contribution in [3.8, 4) is 0 Å². The van der Waals surface area contributed by atoms with Crippen LogP contribution in [-0.4, -0.2) is 33.2 Å². The molecule has 1 rings (SSSR count). The van der Waals surface area contributed by atoms with Gasteiger partial charge < -0.3 is 4.43 Å². The molecule has 5 atom stereocenters. The number of rotatable bonds is 10. The highest BCUT2D eigenvalue weighted by molar-refractivity contribution is 7.48. The summed E-state index contributed by atoms with van der Waals surface area (Å²) in [4.78, 5) is 0. The molecular weight excluding hydrogens is 391 g/mol. The van der Waals surface area contributed by atoms with Crippen LogP contribution in [0.2, 0.25) is 18.1 Å². The minimum Gasteiger partial charge on any atom is -0.413 e. The van der Waals surface area contributed by atoms with E-state index in [9.17, 15) is 4.57 Å². The molecule has 162 valence electrons. The Labute approximate surface area is 172 Å². The van der Waals surface area contributed by atoms with Gasteiger partial charge in [0, 0.05) is 12.3 Å². The van der Waals surface area contributed by atoms with Crippen LogP contribution in [-0.2, 0) is 22.6 Å². The van der Waals surface area contributed by atoms with Gasteiger partial charge in [-0.15, -0.1) is 19.7 Å². The summed E-state index contributed by atoms with van der Waals surface area (Å²) in [5.41, 5.74) is 0. The lowest BCUT2D eigenvalue weighted by molar-refractivity contribution is 0.00372. The topological polar surface area (TPSA) is 54.0 Å². The Balaban J connectivity index is 2.89. The molecule has 0 amide bonds. The second-order valence-electron chi connectivity index (χ2n) is 9.15. The summed E-state index contributed by atoms with van der Waals surface area (Å²) in [6.45, 7) is 26.8. The van der Waals surface area contributed by atoms with Crippen LogP contribution in [0.3, 0.4) is 0 Å². The summed E-state index contributed by atoms with van der Waals surface area (Å²) in [5, 5.41) is 0.0867. The highest BCUT2D eigenvalue weighted by Gasteiger charge is 2.43. The van der Waals surface area contributed by atoms with E-state index in [4.69, 9.17) is 18.0 Å². The van der Waals surface area contributed by atoms with Crippen molar-refractivity contribution in [1.29, 1.82) is 0 Å². The Bertz CT molecular complexity index is 578. The number of phosphoric acid groups is 1. The lowest BCUT2D eigenvalue weighted by Crippen LogP contribution is -2.47. The molecule has 1 aliphatic rings. The lowest BCUT2D eigenvalue weighted by atomic mass is 9.94. The van der Waals surface area contributed by atoms with Gasteiger partial charge in [0.1, 0.15) is 0 Å². The van der Waals surface area contributed by atoms with Gasteiger partial charge in [0.2, 0.25) is 0 Å². The zero-order valence-corrected chi connectivity index (χ0v) is 20.5. The van der Waals surface area contributed by atoms with Crippen LogP contribution in [0.15, 0.2) is 38.0 Å². The molecule has 0 aromatic heterocycles. The van der Waals surface area contributed by atoms with Crippen molar-refractivity contribution in [2.24, 2.45) is 11.8 Å². The first-order chi connectivity index (χ1) is 12.8. The second-order valence-corrected chi connectivity index (χ2v) is 15.5. The van der Waals surface area contributed by atoms with Gasteiger partial charge in [0.25, 0.3) is 0 Å². The van der Waals surface area contributed by atoms with Crippen molar-refractivity contribution in [2.75, 3.05) is 6.61 Å². The van der Waals surface area contributed by atoms with Gasteiger partial charge in [0.05, 0.1) is 24.9 Å². The minimum absolute atomic E-state index is 0.0218. The maximum atomic E-state index is 13.0. The summed E-state index contributed by atoms with van der Waals surface area (Å²) < 4.78 is 36.4. The van der Waals surface area contributed by atoms with Crippen LogP contribution in [0.4, 0.5) is 0 Å². The fourth-order valence-electron chi connectivity index (χ4n) is 2.71. The van der Waals surface area contributed by atoms with E-state index in [1.807, 2.05) is 13.0 Å². The monoisotopic (exact) mass is 430 g/mol. The molecule has 0 aromatic carbocycles. The quantitative estimate of drug-likeness (QED) is 0.225. The van der Waals surface area contributed by atoms with Crippen LogP contribution < -0.4 is 0 Å². The molecule has 0 N–H and O–H groups in total. The third kappa shape index (κ3) is 6.79. The number of hydrogen-bond donors (Lipinski definition) is 0. The van der Waals surface area contributed by atoms with Gasteiger partial charge in [-0.2, -0.15) is 0 Å². The van der Waals surface area contributed by atoms with Gasteiger partial charge in [-0.25, -0.2) is 4.57 Å². The molecule has 28 heavy (non-hydrogen) atoms. The van der Waals surface area contributed by atoms with E-state index < -0.39 is 16.1 Å². The molecule has 0 radical (unpaired) electrons. The molecule has 7 heteroatoms. The molecule has 1 aliphatic heterocycles. The molecule has 1 heterocycles. The molecular formula is C21H39O5PSi. The van der Waals surface area contributed by atoms with Crippen LogP contribution in [0.25, 0.3) is 0 Å². The Morgan fingerprint density at radius 3 is 2.04 bits per heavy atom. The lowest BCUT2D eigenvalue weighted by Gasteiger charge is -2.42. The van der Waals surface area contributed by atoms with Gasteiger partial charge >= 0.3 is 7.82 Å². The van der Waals surface area contributed by atoms with Crippen LogP contribution in [0, 0.1) is 11.8 Å². The summed E-state index contributed by atoms with van der Waals surface area (Å²) in [7, 11) is -5.68. The molecule has 5 nitrogen and oxygen atoms in total. The number of hydrogen-bond acceptors (Lipinski definition) is 5. The smallest absolute Gasteiger partial charge is 0.413 e.